The molecule has 2 aromatic rings. The number of nitrogens with one attached hydrogen (secondary N) is 2. The second-order valence-electron chi connectivity index (χ2n) is 5.47. The van der Waals surface area contributed by atoms with E-state index in [0.717, 1.165) is 12.8 Å². The smallest absolute Gasteiger partial charge is 0.255 e. The summed E-state index contributed by atoms with van der Waals surface area (Å²) in [6, 6.07) is 4.69. The average molecular weight is 316 g/mol. The van der Waals surface area contributed by atoms with Gasteiger partial charge in [-0.15, -0.1) is 0 Å². The zero-order chi connectivity index (χ0) is 17.1. The molecule has 2 aromatic carbocycles. The maximum absolute atomic E-state index is 12.3. The summed E-state index contributed by atoms with van der Waals surface area (Å²) in [5.74, 6) is -0.620. The molecule has 3 N–H and O–H groups in total. The Bertz CT molecular complexity index is 799. The van der Waals surface area contributed by atoms with Crippen LogP contribution < -0.4 is 21.5 Å². The lowest BCUT2D eigenvalue weighted by Crippen LogP contribution is -2.36. The van der Waals surface area contributed by atoms with Crippen molar-refractivity contribution in [2.75, 3.05) is 5.32 Å². The van der Waals surface area contributed by atoms with Crippen LogP contribution in [0, 0.1) is 6.92 Å². The molecule has 0 aliphatic rings. The summed E-state index contributed by atoms with van der Waals surface area (Å²) in [5.41, 5.74) is -0.330. The number of phenols is 1. The van der Waals surface area contributed by atoms with Gasteiger partial charge in [0.15, 0.2) is 5.75 Å². The van der Waals surface area contributed by atoms with Gasteiger partial charge < -0.3 is 15.7 Å². The van der Waals surface area contributed by atoms with Gasteiger partial charge in [-0.25, -0.2) is 0 Å². The van der Waals surface area contributed by atoms with Crippen molar-refractivity contribution in [1.29, 1.82) is 0 Å². The summed E-state index contributed by atoms with van der Waals surface area (Å²) in [7, 11) is 0. The minimum absolute atomic E-state index is 0.0364. The fourth-order valence-electron chi connectivity index (χ4n) is 2.37. The molecule has 0 saturated heterocycles. The van der Waals surface area contributed by atoms with Gasteiger partial charge in [0.25, 0.3) is 5.91 Å². The molecule has 1 amide bonds. The second kappa shape index (κ2) is 6.64. The molecule has 0 spiro atoms. The van der Waals surface area contributed by atoms with E-state index >= 15 is 0 Å². The van der Waals surface area contributed by atoms with Gasteiger partial charge in [0, 0.05) is 11.6 Å². The van der Waals surface area contributed by atoms with Crippen LogP contribution in [0.1, 0.15) is 42.6 Å². The van der Waals surface area contributed by atoms with Crippen molar-refractivity contribution < 1.29 is 9.90 Å². The Hall–Kier alpha value is -2.63. The predicted octanol–water partition coefficient (Wildman–Crippen LogP) is 1.96. The molecule has 0 atom stereocenters. The molecule has 0 bridgehead atoms. The van der Waals surface area contributed by atoms with Gasteiger partial charge in [-0.05, 0) is 31.9 Å². The van der Waals surface area contributed by atoms with Crippen molar-refractivity contribution in [2.24, 2.45) is 0 Å². The molecule has 0 unspecified atom stereocenters. The maximum Gasteiger partial charge on any atom is 0.255 e. The van der Waals surface area contributed by atoms with Crippen LogP contribution in [0.25, 0.3) is 0 Å². The standard InChI is InChI=1S/C17H20N2O4/c1-4-10(5-2)18-17(23)11-7-6-8-12(15(11)21)19-13-9(3)14(20)16(13)22/h6-8,10,19,21H,4-5H2,1-3H3,(H,18,23). The number of hydrogen-bond acceptors (Lipinski definition) is 5. The Kier molecular flexibility index (Phi) is 4.83. The summed E-state index contributed by atoms with van der Waals surface area (Å²) >= 11 is 0. The number of anilines is 2. The van der Waals surface area contributed by atoms with Crippen LogP contribution in [-0.2, 0) is 0 Å². The molecule has 6 heteroatoms. The molecule has 0 saturated carbocycles. The zero-order valence-electron chi connectivity index (χ0n) is 13.4. The Morgan fingerprint density at radius 2 is 1.83 bits per heavy atom. The van der Waals surface area contributed by atoms with Gasteiger partial charge >= 0.3 is 0 Å². The van der Waals surface area contributed by atoms with E-state index in [1.165, 1.54) is 13.0 Å². The molecule has 0 fully saturated rings. The number of para-hydroxylation sites is 1. The molecule has 0 aromatic heterocycles. The lowest BCUT2D eigenvalue weighted by Gasteiger charge is -2.17. The van der Waals surface area contributed by atoms with Crippen molar-refractivity contribution in [1.82, 2.24) is 5.32 Å². The zero-order valence-corrected chi connectivity index (χ0v) is 13.4. The highest BCUT2D eigenvalue weighted by molar-refractivity contribution is 5.99. The van der Waals surface area contributed by atoms with E-state index in [2.05, 4.69) is 10.6 Å². The van der Waals surface area contributed by atoms with Crippen molar-refractivity contribution in [3.8, 4) is 5.75 Å². The Balaban J connectivity index is 2.27. The van der Waals surface area contributed by atoms with Crippen molar-refractivity contribution in [2.45, 2.75) is 39.7 Å². The van der Waals surface area contributed by atoms with Gasteiger partial charge in [-0.1, -0.05) is 19.9 Å². The number of amides is 1. The number of benzene rings is 1. The third-order valence-electron chi connectivity index (χ3n) is 4.01. The fraction of sp³-hybridized carbons (Fsp3) is 0.353. The minimum atomic E-state index is -0.617. The van der Waals surface area contributed by atoms with Gasteiger partial charge in [0.2, 0.25) is 10.9 Å². The normalized spacial score (nSPS) is 11.0. The van der Waals surface area contributed by atoms with Crippen LogP contribution in [0.3, 0.4) is 0 Å². The first kappa shape index (κ1) is 16.7. The highest BCUT2D eigenvalue weighted by atomic mass is 16.3. The van der Waals surface area contributed by atoms with Crippen LogP contribution in [0.15, 0.2) is 27.8 Å². The van der Waals surface area contributed by atoms with E-state index in [1.54, 1.807) is 12.1 Å². The lowest BCUT2D eigenvalue weighted by molar-refractivity contribution is 0.0932. The topological polar surface area (TPSA) is 95.5 Å². The van der Waals surface area contributed by atoms with Gasteiger partial charge in [0.05, 0.1) is 16.9 Å². The highest BCUT2D eigenvalue weighted by Crippen LogP contribution is 2.30. The second-order valence-corrected chi connectivity index (χ2v) is 5.47. The van der Waals surface area contributed by atoms with Crippen LogP contribution in [0.4, 0.5) is 11.4 Å². The summed E-state index contributed by atoms with van der Waals surface area (Å²) in [6.45, 7) is 5.48. The summed E-state index contributed by atoms with van der Waals surface area (Å²) in [4.78, 5) is 35.0. The number of aromatic hydroxyl groups is 1. The summed E-state index contributed by atoms with van der Waals surface area (Å²) in [5, 5.41) is 15.9. The molecular weight excluding hydrogens is 296 g/mol. The summed E-state index contributed by atoms with van der Waals surface area (Å²) < 4.78 is 0. The third-order valence-corrected chi connectivity index (χ3v) is 4.01. The van der Waals surface area contributed by atoms with E-state index in [4.69, 9.17) is 0 Å². The van der Waals surface area contributed by atoms with Crippen molar-refractivity contribution in [3.63, 3.8) is 0 Å². The monoisotopic (exact) mass is 316 g/mol. The van der Waals surface area contributed by atoms with Crippen LogP contribution in [0.5, 0.6) is 5.75 Å². The number of carbonyl (C=O) groups excluding carboxylic acids is 1. The summed E-state index contributed by atoms with van der Waals surface area (Å²) in [6.07, 6.45) is 1.59. The molecule has 122 valence electrons. The molecule has 0 aliphatic heterocycles. The van der Waals surface area contributed by atoms with Crippen LogP contribution >= 0.6 is 0 Å². The Labute approximate surface area is 133 Å². The minimum Gasteiger partial charge on any atom is -0.505 e. The largest absolute Gasteiger partial charge is 0.505 e. The fourth-order valence-corrected chi connectivity index (χ4v) is 2.37. The average Bonchev–Trinajstić information content (AvgIpc) is 2.57. The maximum atomic E-state index is 12.3. The Morgan fingerprint density at radius 1 is 1.17 bits per heavy atom. The van der Waals surface area contributed by atoms with E-state index in [-0.39, 0.29) is 34.6 Å². The first-order valence-electron chi connectivity index (χ1n) is 7.60. The van der Waals surface area contributed by atoms with E-state index in [0.29, 0.717) is 5.56 Å². The van der Waals surface area contributed by atoms with Gasteiger partial charge in [-0.2, -0.15) is 0 Å². The van der Waals surface area contributed by atoms with E-state index < -0.39 is 10.9 Å². The predicted molar refractivity (Wildman–Crippen MR) is 89.3 cm³/mol. The molecule has 6 nitrogen and oxygen atoms in total. The molecule has 0 heterocycles. The molecule has 0 radical (unpaired) electrons. The first-order chi connectivity index (χ1) is 10.9. The first-order valence-corrected chi connectivity index (χ1v) is 7.60. The van der Waals surface area contributed by atoms with Crippen LogP contribution in [-0.4, -0.2) is 17.1 Å². The molecular formula is C17H20N2O4. The quantitative estimate of drug-likeness (QED) is 0.559. The van der Waals surface area contributed by atoms with Gasteiger partial charge in [0.1, 0.15) is 0 Å². The number of carbonyl (C=O) groups is 1. The number of hydrogen-bond donors (Lipinski definition) is 3. The molecule has 0 aliphatic carbocycles. The SMILES string of the molecule is CCC(CC)NC(=O)c1cccc(Nc2c(C)c(=O)c2=O)c1O. The van der Waals surface area contributed by atoms with Gasteiger partial charge in [-0.3, -0.25) is 14.4 Å². The van der Waals surface area contributed by atoms with E-state index in [9.17, 15) is 19.5 Å². The highest BCUT2D eigenvalue weighted by Gasteiger charge is 2.20. The van der Waals surface area contributed by atoms with Crippen molar-refractivity contribution >= 4 is 17.3 Å². The molecule has 2 rings (SSSR count). The number of rotatable bonds is 6. The molecule has 23 heavy (non-hydrogen) atoms. The third kappa shape index (κ3) is 3.11. The van der Waals surface area contributed by atoms with Crippen LogP contribution in [0.2, 0.25) is 0 Å². The van der Waals surface area contributed by atoms with E-state index in [1.807, 2.05) is 13.8 Å². The Morgan fingerprint density at radius 3 is 2.39 bits per heavy atom. The lowest BCUT2D eigenvalue weighted by atomic mass is 10.1. The number of phenolic OH excluding ortho intramolecular Hbond substituents is 1. The van der Waals surface area contributed by atoms with Crippen molar-refractivity contribution in [3.05, 3.63) is 49.8 Å².